The van der Waals surface area contributed by atoms with Gasteiger partial charge in [-0.25, -0.2) is 0 Å². The van der Waals surface area contributed by atoms with Gasteiger partial charge in [-0.3, -0.25) is 0 Å². The molecule has 1 aliphatic carbocycles. The van der Waals surface area contributed by atoms with E-state index in [0.717, 1.165) is 11.8 Å². The minimum absolute atomic E-state index is 0.620. The van der Waals surface area contributed by atoms with Gasteiger partial charge in [-0.2, -0.15) is 0 Å². The number of hydrogen-bond acceptors (Lipinski definition) is 0. The third kappa shape index (κ3) is 30.1. The summed E-state index contributed by atoms with van der Waals surface area (Å²) in [6, 6.07) is 110. The molecule has 15 aromatic carbocycles. The van der Waals surface area contributed by atoms with Crippen LogP contribution >= 0.6 is 0 Å². The average Bonchev–Trinajstić information content (AvgIpc) is 1.62. The first-order chi connectivity index (χ1) is 57.1. The Hall–Kier alpha value is -9.62. The van der Waals surface area contributed by atoms with Gasteiger partial charge in [-0.1, -0.05) is 473 Å². The minimum atomic E-state index is 0.620. The minimum Gasteiger partial charge on any atom is -0.0683 e. The monoisotopic (exact) mass is 1560 g/mol. The van der Waals surface area contributed by atoms with Gasteiger partial charge < -0.3 is 0 Å². The Bertz CT molecular complexity index is 5100. The third-order valence-electron chi connectivity index (χ3n) is 22.6. The van der Waals surface area contributed by atoms with E-state index in [4.69, 9.17) is 0 Å². The molecule has 0 nitrogen and oxygen atoms in total. The zero-order valence-corrected chi connectivity index (χ0v) is 78.4. The first kappa shape index (κ1) is 102. The maximum Gasteiger partial charge on any atom is -0.0103 e. The summed E-state index contributed by atoms with van der Waals surface area (Å²) in [5.74, 6) is 5.53. The third-order valence-corrected chi connectivity index (χ3v) is 22.6. The Balaban J connectivity index is 0.000000347. The second kappa shape index (κ2) is 57.5. The molecular weight excluding hydrogens is 1410 g/mol. The highest BCUT2D eigenvalue weighted by Gasteiger charge is 2.24. The molecule has 117 heavy (non-hydrogen) atoms. The Morgan fingerprint density at radius 2 is 0.513 bits per heavy atom. The largest absolute Gasteiger partial charge is 0.0683 e. The van der Waals surface area contributed by atoms with Crippen molar-refractivity contribution in [3.8, 4) is 0 Å². The lowest BCUT2D eigenvalue weighted by atomic mass is 9.91. The van der Waals surface area contributed by atoms with Crippen molar-refractivity contribution in [1.29, 1.82) is 0 Å². The number of benzene rings is 15. The van der Waals surface area contributed by atoms with Gasteiger partial charge in [-0.05, 0) is 247 Å². The van der Waals surface area contributed by atoms with E-state index >= 15 is 0 Å². The zero-order chi connectivity index (χ0) is 86.8. The number of fused-ring (bicyclic) bond motifs is 10. The van der Waals surface area contributed by atoms with Crippen LogP contribution in [0.5, 0.6) is 0 Å². The van der Waals surface area contributed by atoms with Crippen molar-refractivity contribution >= 4 is 86.2 Å². The molecule has 0 N–H and O–H groups in total. The summed E-state index contributed by atoms with van der Waals surface area (Å²) in [6.45, 7) is 59.8. The fourth-order valence-corrected chi connectivity index (χ4v) is 14.4. The van der Waals surface area contributed by atoms with E-state index in [-0.39, 0.29) is 0 Å². The Kier molecular flexibility index (Phi) is 49.9. The van der Waals surface area contributed by atoms with E-state index in [0.29, 0.717) is 35.5 Å². The van der Waals surface area contributed by atoms with E-state index in [1.165, 1.54) is 165 Å². The van der Waals surface area contributed by atoms with Gasteiger partial charge in [0.1, 0.15) is 0 Å². The summed E-state index contributed by atoms with van der Waals surface area (Å²) < 4.78 is 0. The van der Waals surface area contributed by atoms with E-state index in [1.807, 2.05) is 96.9 Å². The van der Waals surface area contributed by atoms with E-state index < -0.39 is 0 Å². The van der Waals surface area contributed by atoms with Crippen molar-refractivity contribution in [1.82, 2.24) is 0 Å². The summed E-state index contributed by atoms with van der Waals surface area (Å²) in [5, 5.41) is 21.6. The van der Waals surface area contributed by atoms with Crippen LogP contribution in [0.3, 0.4) is 0 Å². The highest BCUT2D eigenvalue weighted by molar-refractivity contribution is 6.08. The molecule has 0 bridgehead atoms. The summed E-state index contributed by atoms with van der Waals surface area (Å²) in [6.07, 6.45) is 8.48. The predicted molar refractivity (Wildman–Crippen MR) is 538 cm³/mol. The van der Waals surface area contributed by atoms with Crippen LogP contribution in [0, 0.1) is 5.92 Å². The van der Waals surface area contributed by atoms with Crippen molar-refractivity contribution in [2.45, 2.75) is 280 Å². The highest BCUT2D eigenvalue weighted by Crippen LogP contribution is 2.38. The van der Waals surface area contributed by atoms with Crippen LogP contribution < -0.4 is 0 Å². The van der Waals surface area contributed by atoms with Gasteiger partial charge in [0.15, 0.2) is 0 Å². The summed E-state index contributed by atoms with van der Waals surface area (Å²) >= 11 is 0. The lowest BCUT2D eigenvalue weighted by molar-refractivity contribution is 0.532. The first-order valence-electron chi connectivity index (χ1n) is 46.0. The molecule has 0 saturated heterocycles. The fourth-order valence-electron chi connectivity index (χ4n) is 14.4. The maximum absolute atomic E-state index is 2.37. The van der Waals surface area contributed by atoms with Crippen molar-refractivity contribution < 1.29 is 0 Å². The fraction of sp³-hybridized carbons (Fsp3) is 0.368. The molecule has 8 unspecified atom stereocenters. The first-order valence-corrected chi connectivity index (χ1v) is 46.0. The van der Waals surface area contributed by atoms with Crippen LogP contribution in [0.4, 0.5) is 0 Å². The second-order valence-corrected chi connectivity index (χ2v) is 29.5. The van der Waals surface area contributed by atoms with Gasteiger partial charge >= 0.3 is 0 Å². The van der Waals surface area contributed by atoms with E-state index in [9.17, 15) is 0 Å². The topological polar surface area (TPSA) is 0 Å². The molecule has 0 aliphatic heterocycles. The van der Waals surface area contributed by atoms with Crippen molar-refractivity contribution in [2.24, 2.45) is 5.92 Å². The summed E-state index contributed by atoms with van der Waals surface area (Å²) in [7, 11) is 0. The molecule has 8 atom stereocenters. The van der Waals surface area contributed by atoms with Crippen LogP contribution in [-0.2, 0) is 6.42 Å². The Morgan fingerprint density at radius 1 is 0.214 bits per heavy atom. The molecule has 0 heteroatoms. The van der Waals surface area contributed by atoms with Gasteiger partial charge in [0.25, 0.3) is 0 Å². The van der Waals surface area contributed by atoms with Crippen LogP contribution in [0.2, 0.25) is 0 Å². The SMILES string of the molecule is CC.CC.CC.CC.CC.CC.CC.CC1Cc2ccccc2C1C.CCC(C)c1ccc2cc3ccccc3cc2c1.CCC(C)c1ccc2ccc3ccccc3c2c1.CCC(C)c1ccc2ccccc2c1.CCC(C)c1cccc2cc3ccccc3cc12.CCC(C)c1cccc2ccccc12.CCC(C)c1ccccc1. The van der Waals surface area contributed by atoms with Crippen LogP contribution in [0.15, 0.2) is 303 Å². The lowest BCUT2D eigenvalue weighted by Gasteiger charge is -2.13. The second-order valence-electron chi connectivity index (χ2n) is 29.5. The normalized spacial score (nSPS) is 13.3. The van der Waals surface area contributed by atoms with Gasteiger partial charge in [0.05, 0.1) is 0 Å². The van der Waals surface area contributed by atoms with Crippen molar-refractivity contribution in [3.05, 3.63) is 348 Å². The van der Waals surface area contributed by atoms with Crippen molar-refractivity contribution in [3.63, 3.8) is 0 Å². The Labute approximate surface area is 715 Å². The maximum atomic E-state index is 2.37. The average molecular weight is 1560 g/mol. The zero-order valence-electron chi connectivity index (χ0n) is 78.4. The molecular formula is C117H156. The predicted octanol–water partition coefficient (Wildman–Crippen LogP) is 38.6. The lowest BCUT2D eigenvalue weighted by Crippen LogP contribution is -1.97. The Morgan fingerprint density at radius 3 is 0.991 bits per heavy atom. The smallest absolute Gasteiger partial charge is 0.0103 e. The molecule has 0 spiro atoms. The number of rotatable bonds is 12. The van der Waals surface area contributed by atoms with Gasteiger partial charge in [0, 0.05) is 0 Å². The number of hydrogen-bond donors (Lipinski definition) is 0. The molecule has 0 amide bonds. The molecule has 0 aromatic heterocycles. The molecule has 0 saturated carbocycles. The summed E-state index contributed by atoms with van der Waals surface area (Å²) in [4.78, 5) is 0. The van der Waals surface area contributed by atoms with E-state index in [1.54, 1.807) is 11.1 Å². The quantitative estimate of drug-likeness (QED) is 0.0845. The van der Waals surface area contributed by atoms with Crippen LogP contribution in [-0.4, -0.2) is 0 Å². The molecule has 15 aromatic rings. The molecule has 16 rings (SSSR count). The van der Waals surface area contributed by atoms with E-state index in [2.05, 4.69) is 400 Å². The molecule has 624 valence electrons. The van der Waals surface area contributed by atoms with Gasteiger partial charge in [0.2, 0.25) is 0 Å². The molecule has 0 fully saturated rings. The van der Waals surface area contributed by atoms with Crippen molar-refractivity contribution in [2.75, 3.05) is 0 Å². The van der Waals surface area contributed by atoms with Crippen LogP contribution in [0.1, 0.15) is 318 Å². The van der Waals surface area contributed by atoms with Gasteiger partial charge in [-0.15, -0.1) is 0 Å². The molecule has 1 aliphatic rings. The molecule has 0 heterocycles. The highest BCUT2D eigenvalue weighted by atomic mass is 14.3. The summed E-state index contributed by atoms with van der Waals surface area (Å²) in [5.41, 5.74) is 11.9. The van der Waals surface area contributed by atoms with Crippen LogP contribution in [0.25, 0.3) is 86.2 Å². The standard InChI is InChI=1S/3C18H18.2C14H16.C11H14.C10H14.7C2H6/c1-3-13(2)17-10-6-9-16-11-14-7-4-5-8-15(14)12-18(16)17;1-3-13(2)14-8-9-17-11-15-6-4-5-7-16(15)12-18(17)10-14;1-3-13(2)16-11-10-15-9-8-14-6-4-5-7-17(14)18(15)12-16;1-3-11(2)13-10-6-8-12-7-4-5-9-14(12)13;1-3-11(2)13-9-8-12-6-4-5-7-14(12)10-13;1-8-7-10-5-3-4-6-11(10)9(8)2;1-3-9(2)10-7-5-4-6-8-10;7*1-2/h3*4-13H,3H2,1-2H3;2*4-11H,3H2,1-2H3;3-6,8-9H,7H2,1-2H3;4-9H,3H2,1-2H3;7*1-2H3. The molecule has 0 radical (unpaired) electrons.